The molecule has 2 amide bonds. The lowest BCUT2D eigenvalue weighted by Gasteiger charge is -2.31. The Morgan fingerprint density at radius 3 is 2.46 bits per heavy atom. The van der Waals surface area contributed by atoms with Crippen LogP contribution in [-0.2, 0) is 20.8 Å². The van der Waals surface area contributed by atoms with E-state index in [1.54, 1.807) is 24.3 Å². The van der Waals surface area contributed by atoms with Crippen molar-refractivity contribution in [2.45, 2.75) is 50.6 Å². The van der Waals surface area contributed by atoms with Gasteiger partial charge in [0.25, 0.3) is 5.69 Å². The Labute approximate surface area is 265 Å². The van der Waals surface area contributed by atoms with E-state index in [4.69, 9.17) is 4.42 Å². The van der Waals surface area contributed by atoms with Crippen LogP contribution < -0.4 is 5.32 Å². The summed E-state index contributed by atoms with van der Waals surface area (Å²) in [6, 6.07) is 21.8. The highest BCUT2D eigenvalue weighted by molar-refractivity contribution is 6.09. The molecular formula is C36H35N3O7. The van der Waals surface area contributed by atoms with Gasteiger partial charge in [0.1, 0.15) is 17.1 Å². The Hall–Kier alpha value is -5.09. The number of allylic oxidation sites excluding steroid dienone is 1. The van der Waals surface area contributed by atoms with Crippen molar-refractivity contribution >= 4 is 34.2 Å². The Kier molecular flexibility index (Phi) is 8.55. The van der Waals surface area contributed by atoms with Crippen molar-refractivity contribution in [3.8, 4) is 11.3 Å². The molecule has 0 saturated carbocycles. The predicted molar refractivity (Wildman–Crippen MR) is 172 cm³/mol. The Bertz CT molecular complexity index is 1830. The van der Waals surface area contributed by atoms with Gasteiger partial charge < -0.3 is 9.52 Å². The maximum atomic E-state index is 14.1. The number of unbranched alkanes of at least 4 members (excludes halogenated alkanes) is 2. The van der Waals surface area contributed by atoms with Crippen molar-refractivity contribution in [2.75, 3.05) is 6.54 Å². The van der Waals surface area contributed by atoms with Gasteiger partial charge in [-0.1, -0.05) is 74.4 Å². The highest BCUT2D eigenvalue weighted by Crippen LogP contribution is 2.50. The molecule has 3 heterocycles. The number of nitrogens with zero attached hydrogens (tertiary/aromatic N) is 2. The van der Waals surface area contributed by atoms with Crippen molar-refractivity contribution in [3.63, 3.8) is 0 Å². The fourth-order valence-electron chi connectivity index (χ4n) is 6.82. The van der Waals surface area contributed by atoms with Gasteiger partial charge in [-0.25, -0.2) is 0 Å². The summed E-state index contributed by atoms with van der Waals surface area (Å²) in [6.07, 6.45) is 7.50. The van der Waals surface area contributed by atoms with Gasteiger partial charge in [0.2, 0.25) is 11.8 Å². The third kappa shape index (κ3) is 5.60. The van der Waals surface area contributed by atoms with Crippen molar-refractivity contribution < 1.29 is 28.8 Å². The number of hydrogen-bond acceptors (Lipinski definition) is 7. The summed E-state index contributed by atoms with van der Waals surface area (Å²) in [6.45, 7) is 2.27. The van der Waals surface area contributed by atoms with Gasteiger partial charge in [-0.15, -0.1) is 0 Å². The molecule has 2 fully saturated rings. The summed E-state index contributed by atoms with van der Waals surface area (Å²) < 4.78 is 6.18. The van der Waals surface area contributed by atoms with Crippen molar-refractivity contribution in [1.82, 2.24) is 10.2 Å². The minimum Gasteiger partial charge on any atom is -0.480 e. The van der Waals surface area contributed by atoms with E-state index in [2.05, 4.69) is 12.2 Å². The molecule has 2 aliphatic rings. The largest absolute Gasteiger partial charge is 0.480 e. The highest BCUT2D eigenvalue weighted by atomic mass is 16.6. The van der Waals surface area contributed by atoms with E-state index < -0.39 is 46.1 Å². The predicted octanol–water partition coefficient (Wildman–Crippen LogP) is 6.46. The van der Waals surface area contributed by atoms with Crippen molar-refractivity contribution in [2.24, 2.45) is 11.8 Å². The summed E-state index contributed by atoms with van der Waals surface area (Å²) >= 11 is 0. The van der Waals surface area contributed by atoms with E-state index in [1.807, 2.05) is 54.6 Å². The van der Waals surface area contributed by atoms with E-state index in [1.165, 1.54) is 17.0 Å². The standard InChI is InChI=1S/C36H35N3O7/c1-2-3-4-5-6-9-20-38-33(40)30-31(34(38)41)36(35(42)43,22-23-12-13-24-10-7-8-11-26(24)21-23)37-32(30)29-19-18-28(46-29)25-14-16-27(17-15-25)39(44)45/h5-8,10-19,21,30-32,37H,2-4,9,20,22H2,1H3,(H,42,43). The molecule has 10 heteroatoms. The molecule has 0 radical (unpaired) electrons. The normalized spacial score (nSPS) is 22.6. The number of nitro benzene ring substituents is 1. The lowest BCUT2D eigenvalue weighted by Crippen LogP contribution is -2.57. The van der Waals surface area contributed by atoms with Gasteiger partial charge in [-0.3, -0.25) is 34.7 Å². The lowest BCUT2D eigenvalue weighted by atomic mass is 9.76. The second-order valence-electron chi connectivity index (χ2n) is 12.0. The Morgan fingerprint density at radius 1 is 1.00 bits per heavy atom. The summed E-state index contributed by atoms with van der Waals surface area (Å²) in [5.74, 6) is -3.59. The number of benzene rings is 3. The van der Waals surface area contributed by atoms with E-state index in [9.17, 15) is 29.6 Å². The minimum absolute atomic E-state index is 0.0233. The zero-order valence-electron chi connectivity index (χ0n) is 25.4. The number of fused-ring (bicyclic) bond motifs is 2. The monoisotopic (exact) mass is 621 g/mol. The Balaban J connectivity index is 1.36. The van der Waals surface area contributed by atoms with Crippen LogP contribution in [0.3, 0.4) is 0 Å². The zero-order chi connectivity index (χ0) is 32.4. The lowest BCUT2D eigenvalue weighted by molar-refractivity contribution is -0.384. The van der Waals surface area contributed by atoms with Crippen molar-refractivity contribution in [1.29, 1.82) is 0 Å². The number of hydrogen-bond donors (Lipinski definition) is 2. The molecule has 46 heavy (non-hydrogen) atoms. The smallest absolute Gasteiger partial charge is 0.325 e. The number of non-ortho nitro benzene ring substituents is 1. The van der Waals surface area contributed by atoms with Crippen LogP contribution in [-0.4, -0.2) is 44.8 Å². The van der Waals surface area contributed by atoms with Gasteiger partial charge in [0.15, 0.2) is 0 Å². The molecule has 236 valence electrons. The maximum Gasteiger partial charge on any atom is 0.325 e. The van der Waals surface area contributed by atoms with E-state index >= 15 is 0 Å². The molecule has 4 aromatic rings. The first-order valence-corrected chi connectivity index (χ1v) is 15.6. The number of imide groups is 1. The van der Waals surface area contributed by atoms with Crippen LogP contribution in [0.15, 0.2) is 95.4 Å². The first-order chi connectivity index (χ1) is 22.2. The number of likely N-dealkylation sites (tertiary alicyclic amines) is 1. The fraction of sp³-hybridized carbons (Fsp3) is 0.306. The average Bonchev–Trinajstić information content (AvgIpc) is 3.74. The van der Waals surface area contributed by atoms with Crippen LogP contribution in [0.1, 0.15) is 50.0 Å². The topological polar surface area (TPSA) is 143 Å². The number of carbonyl (C=O) groups is 3. The Morgan fingerprint density at radius 2 is 1.74 bits per heavy atom. The number of furan rings is 1. The van der Waals surface area contributed by atoms with Gasteiger partial charge in [0.05, 0.1) is 22.8 Å². The highest BCUT2D eigenvalue weighted by Gasteiger charge is 2.68. The van der Waals surface area contributed by atoms with Crippen LogP contribution in [0.25, 0.3) is 22.1 Å². The average molecular weight is 622 g/mol. The first-order valence-electron chi connectivity index (χ1n) is 15.6. The molecule has 3 aromatic carbocycles. The number of carbonyl (C=O) groups excluding carboxylic acids is 2. The van der Waals surface area contributed by atoms with Gasteiger partial charge >= 0.3 is 5.97 Å². The first kappa shape index (κ1) is 30.9. The third-order valence-corrected chi connectivity index (χ3v) is 9.13. The number of aliphatic carboxylic acids is 1. The van der Waals surface area contributed by atoms with Crippen LogP contribution in [0, 0.1) is 22.0 Å². The SMILES string of the molecule is CCCCC=CCCN1C(=O)C2C(c3ccc(-c4ccc([N+](=O)[O-])cc4)o3)NC(Cc3ccc4ccccc4c3)(C(=O)O)C2C1=O. The van der Waals surface area contributed by atoms with Crippen LogP contribution in [0.4, 0.5) is 5.69 Å². The second-order valence-corrected chi connectivity index (χ2v) is 12.0. The maximum absolute atomic E-state index is 14.1. The quantitative estimate of drug-likeness (QED) is 0.0604. The summed E-state index contributed by atoms with van der Waals surface area (Å²) in [7, 11) is 0. The molecule has 10 nitrogen and oxygen atoms in total. The number of carboxylic acids is 1. The van der Waals surface area contributed by atoms with Gasteiger partial charge in [-0.2, -0.15) is 0 Å². The molecule has 2 aliphatic heterocycles. The van der Waals surface area contributed by atoms with E-state index in [0.29, 0.717) is 23.5 Å². The molecule has 2 N–H and O–H groups in total. The van der Waals surface area contributed by atoms with Crippen LogP contribution in [0.5, 0.6) is 0 Å². The molecule has 0 spiro atoms. The third-order valence-electron chi connectivity index (χ3n) is 9.13. The van der Waals surface area contributed by atoms with Crippen LogP contribution >= 0.6 is 0 Å². The molecule has 2 saturated heterocycles. The molecule has 6 rings (SSSR count). The number of amides is 2. The number of carboxylic acid groups (broad SMARTS) is 1. The van der Waals surface area contributed by atoms with E-state index in [0.717, 1.165) is 35.6 Å². The summed E-state index contributed by atoms with van der Waals surface area (Å²) in [4.78, 5) is 53.2. The molecule has 0 aliphatic carbocycles. The summed E-state index contributed by atoms with van der Waals surface area (Å²) in [5.41, 5.74) is -0.545. The van der Waals surface area contributed by atoms with Gasteiger partial charge in [-0.05, 0) is 53.4 Å². The minimum atomic E-state index is -1.78. The molecule has 1 aromatic heterocycles. The van der Waals surface area contributed by atoms with Crippen LogP contribution in [0.2, 0.25) is 0 Å². The fourth-order valence-corrected chi connectivity index (χ4v) is 6.82. The second kappa shape index (κ2) is 12.7. The van der Waals surface area contributed by atoms with Crippen molar-refractivity contribution in [3.05, 3.63) is 112 Å². The molecule has 0 bridgehead atoms. The molecule has 4 unspecified atom stereocenters. The molecule has 4 atom stereocenters. The summed E-state index contributed by atoms with van der Waals surface area (Å²) in [5, 5.41) is 27.1. The molecular weight excluding hydrogens is 586 g/mol. The van der Waals surface area contributed by atoms with Gasteiger partial charge in [0, 0.05) is 30.7 Å². The number of nitrogens with one attached hydrogen (secondary N) is 1. The zero-order valence-corrected chi connectivity index (χ0v) is 25.4. The number of nitro groups is 1. The van der Waals surface area contributed by atoms with E-state index in [-0.39, 0.29) is 18.7 Å². The number of rotatable bonds is 12.